The number of aromatic nitrogens is 4. The smallest absolute Gasteiger partial charge is 0.323 e. The third kappa shape index (κ3) is 5.70. The van der Waals surface area contributed by atoms with Gasteiger partial charge in [-0.2, -0.15) is 0 Å². The molecule has 0 saturated carbocycles. The van der Waals surface area contributed by atoms with Crippen molar-refractivity contribution in [1.29, 1.82) is 0 Å². The van der Waals surface area contributed by atoms with Crippen molar-refractivity contribution in [3.8, 4) is 22.5 Å². The van der Waals surface area contributed by atoms with Gasteiger partial charge in [0.1, 0.15) is 12.6 Å². The number of rotatable bonds is 9. The molecule has 0 fully saturated rings. The summed E-state index contributed by atoms with van der Waals surface area (Å²) in [6.45, 7) is 4.87. The van der Waals surface area contributed by atoms with E-state index in [1.807, 2.05) is 68.4 Å². The number of esters is 1. The summed E-state index contributed by atoms with van der Waals surface area (Å²) in [5, 5.41) is 17.6. The third-order valence-electron chi connectivity index (χ3n) is 5.46. The number of hydrogen-bond acceptors (Lipinski definition) is 6. The number of benzene rings is 3. The molecule has 7 heteroatoms. The number of tetrazole rings is 1. The molecule has 1 aromatic heterocycles. The lowest BCUT2D eigenvalue weighted by molar-refractivity contribution is -0.148. The lowest BCUT2D eigenvalue weighted by Crippen LogP contribution is -2.41. The number of H-pyrrole nitrogens is 1. The fourth-order valence-corrected chi connectivity index (χ4v) is 3.65. The molecule has 1 heterocycles. The zero-order valence-electron chi connectivity index (χ0n) is 18.7. The van der Waals surface area contributed by atoms with Crippen LogP contribution in [0, 0.1) is 5.92 Å². The molecule has 0 spiro atoms. The lowest BCUT2D eigenvalue weighted by atomic mass is 9.98. The average Bonchev–Trinajstić information content (AvgIpc) is 3.39. The van der Waals surface area contributed by atoms with Gasteiger partial charge in [-0.1, -0.05) is 92.7 Å². The highest BCUT2D eigenvalue weighted by Crippen LogP contribution is 2.29. The number of ether oxygens (including phenoxy) is 1. The van der Waals surface area contributed by atoms with Crippen LogP contribution in [0.2, 0.25) is 0 Å². The maximum Gasteiger partial charge on any atom is 0.323 e. The predicted octanol–water partition coefficient (Wildman–Crippen LogP) is 4.39. The van der Waals surface area contributed by atoms with E-state index in [9.17, 15) is 4.79 Å². The fourth-order valence-electron chi connectivity index (χ4n) is 3.65. The van der Waals surface area contributed by atoms with E-state index in [4.69, 9.17) is 4.74 Å². The Labute approximate surface area is 193 Å². The number of hydrogen-bond donors (Lipinski definition) is 2. The first-order chi connectivity index (χ1) is 16.1. The van der Waals surface area contributed by atoms with Crippen molar-refractivity contribution in [3.63, 3.8) is 0 Å². The van der Waals surface area contributed by atoms with Crippen LogP contribution in [0.4, 0.5) is 0 Å². The maximum atomic E-state index is 12.7. The second-order valence-electron chi connectivity index (χ2n) is 8.19. The van der Waals surface area contributed by atoms with Crippen molar-refractivity contribution in [1.82, 2.24) is 25.9 Å². The summed E-state index contributed by atoms with van der Waals surface area (Å²) in [6.07, 6.45) is 0. The van der Waals surface area contributed by atoms with Gasteiger partial charge >= 0.3 is 5.97 Å². The van der Waals surface area contributed by atoms with Crippen LogP contribution in [0.5, 0.6) is 0 Å². The first-order valence-corrected chi connectivity index (χ1v) is 11.0. The zero-order valence-corrected chi connectivity index (χ0v) is 18.7. The minimum absolute atomic E-state index is 0.106. The number of aromatic amines is 1. The minimum Gasteiger partial charge on any atom is -0.460 e. The molecule has 4 aromatic rings. The summed E-state index contributed by atoms with van der Waals surface area (Å²) < 4.78 is 5.54. The largest absolute Gasteiger partial charge is 0.460 e. The molecular formula is C26H27N5O2. The topological polar surface area (TPSA) is 92.8 Å². The first kappa shape index (κ1) is 22.4. The molecule has 3 aromatic carbocycles. The van der Waals surface area contributed by atoms with E-state index in [1.54, 1.807) is 0 Å². The van der Waals surface area contributed by atoms with Crippen molar-refractivity contribution in [2.75, 3.05) is 0 Å². The van der Waals surface area contributed by atoms with E-state index in [0.717, 1.165) is 27.8 Å². The van der Waals surface area contributed by atoms with E-state index < -0.39 is 0 Å². The molecular weight excluding hydrogens is 414 g/mol. The highest BCUT2D eigenvalue weighted by Gasteiger charge is 2.23. The van der Waals surface area contributed by atoms with Crippen LogP contribution in [0.3, 0.4) is 0 Å². The van der Waals surface area contributed by atoms with E-state index in [-0.39, 0.29) is 24.5 Å². The van der Waals surface area contributed by atoms with Crippen LogP contribution in [-0.2, 0) is 22.7 Å². The van der Waals surface area contributed by atoms with Gasteiger partial charge in [-0.3, -0.25) is 4.79 Å². The van der Waals surface area contributed by atoms with Crippen LogP contribution in [0.15, 0.2) is 78.9 Å². The minimum atomic E-state index is -0.381. The van der Waals surface area contributed by atoms with E-state index >= 15 is 0 Å². The van der Waals surface area contributed by atoms with Crippen molar-refractivity contribution in [2.24, 2.45) is 5.92 Å². The quantitative estimate of drug-likeness (QED) is 0.374. The highest BCUT2D eigenvalue weighted by molar-refractivity contribution is 5.80. The molecule has 7 nitrogen and oxygen atoms in total. The number of nitrogens with zero attached hydrogens (tertiary/aromatic N) is 3. The van der Waals surface area contributed by atoms with Crippen molar-refractivity contribution >= 4 is 5.97 Å². The van der Waals surface area contributed by atoms with Gasteiger partial charge in [-0.05, 0) is 38.6 Å². The highest BCUT2D eigenvalue weighted by atomic mass is 16.5. The third-order valence-corrected chi connectivity index (χ3v) is 5.46. The lowest BCUT2D eigenvalue weighted by Gasteiger charge is -2.21. The Hall–Kier alpha value is -3.84. The molecule has 0 aliphatic rings. The summed E-state index contributed by atoms with van der Waals surface area (Å²) in [4.78, 5) is 12.7. The molecule has 2 N–H and O–H groups in total. The van der Waals surface area contributed by atoms with Crippen LogP contribution < -0.4 is 5.32 Å². The summed E-state index contributed by atoms with van der Waals surface area (Å²) >= 11 is 0. The second-order valence-corrected chi connectivity index (χ2v) is 8.19. The molecule has 0 bridgehead atoms. The normalized spacial score (nSPS) is 12.0. The maximum absolute atomic E-state index is 12.7. The van der Waals surface area contributed by atoms with Gasteiger partial charge in [0, 0.05) is 12.1 Å². The number of carbonyl (C=O) groups excluding carboxylic acids is 1. The molecule has 1 unspecified atom stereocenters. The van der Waals surface area contributed by atoms with Gasteiger partial charge in [-0.15, -0.1) is 5.10 Å². The zero-order chi connectivity index (χ0) is 23.0. The standard InChI is InChI=1S/C26H27N5O2/c1-18(2)24(26(32)33-17-20-8-4-3-5-9-20)27-16-19-12-14-21(15-13-19)22-10-6-7-11-23(22)25-28-30-31-29-25/h3-15,18,24,27H,16-17H2,1-2H3,(H,28,29,30,31). The SMILES string of the molecule is CC(C)C(NCc1ccc(-c2ccccc2-c2nnn[nH]2)cc1)C(=O)OCc1ccccc1. The second kappa shape index (κ2) is 10.7. The molecule has 168 valence electrons. The summed E-state index contributed by atoms with van der Waals surface area (Å²) in [5.74, 6) is 0.500. The Morgan fingerprint density at radius 2 is 1.61 bits per heavy atom. The number of nitrogens with one attached hydrogen (secondary N) is 2. The van der Waals surface area contributed by atoms with Crippen LogP contribution in [0.1, 0.15) is 25.0 Å². The summed E-state index contributed by atoms with van der Waals surface area (Å²) in [5.41, 5.74) is 5.10. The van der Waals surface area contributed by atoms with Gasteiger partial charge in [0.2, 0.25) is 0 Å². The Morgan fingerprint density at radius 3 is 2.27 bits per heavy atom. The van der Waals surface area contributed by atoms with Crippen molar-refractivity contribution in [2.45, 2.75) is 33.0 Å². The van der Waals surface area contributed by atoms with E-state index in [2.05, 4.69) is 50.2 Å². The molecule has 33 heavy (non-hydrogen) atoms. The Balaban J connectivity index is 1.40. The van der Waals surface area contributed by atoms with Gasteiger partial charge in [0.05, 0.1) is 0 Å². The van der Waals surface area contributed by atoms with Crippen molar-refractivity contribution in [3.05, 3.63) is 90.0 Å². The molecule has 0 amide bonds. The van der Waals surface area contributed by atoms with Crippen molar-refractivity contribution < 1.29 is 9.53 Å². The van der Waals surface area contributed by atoms with Gasteiger partial charge in [-0.25, -0.2) is 5.10 Å². The average molecular weight is 442 g/mol. The van der Waals surface area contributed by atoms with E-state index in [1.165, 1.54) is 0 Å². The predicted molar refractivity (Wildman–Crippen MR) is 127 cm³/mol. The van der Waals surface area contributed by atoms with Crippen LogP contribution in [0.25, 0.3) is 22.5 Å². The fraction of sp³-hybridized carbons (Fsp3) is 0.231. The van der Waals surface area contributed by atoms with Gasteiger partial charge < -0.3 is 10.1 Å². The van der Waals surface area contributed by atoms with Crippen LogP contribution in [-0.4, -0.2) is 32.6 Å². The molecule has 0 saturated heterocycles. The molecule has 0 radical (unpaired) electrons. The Morgan fingerprint density at radius 1 is 0.909 bits per heavy atom. The molecule has 4 rings (SSSR count). The summed E-state index contributed by atoms with van der Waals surface area (Å²) in [6, 6.07) is 25.6. The monoisotopic (exact) mass is 441 g/mol. The first-order valence-electron chi connectivity index (χ1n) is 11.0. The van der Waals surface area contributed by atoms with Gasteiger partial charge in [0.25, 0.3) is 0 Å². The van der Waals surface area contributed by atoms with Gasteiger partial charge in [0.15, 0.2) is 5.82 Å². The van der Waals surface area contributed by atoms with E-state index in [0.29, 0.717) is 12.4 Å². The Bertz CT molecular complexity index is 1160. The van der Waals surface area contributed by atoms with Crippen LogP contribution >= 0.6 is 0 Å². The molecule has 0 aliphatic carbocycles. The summed E-state index contributed by atoms with van der Waals surface area (Å²) in [7, 11) is 0. The molecule has 1 atom stereocenters. The Kier molecular flexibility index (Phi) is 7.22. The number of carbonyl (C=O) groups is 1. The molecule has 0 aliphatic heterocycles.